The molecule has 138 valence electrons. The number of carboxylic acids is 1. The van der Waals surface area contributed by atoms with Gasteiger partial charge in [0.15, 0.2) is 6.61 Å². The molecule has 7 heteroatoms. The Morgan fingerprint density at radius 1 is 1.11 bits per heavy atom. The number of hydrogen-bond acceptors (Lipinski definition) is 4. The van der Waals surface area contributed by atoms with Gasteiger partial charge in [0.25, 0.3) is 5.91 Å². The number of fused-ring (bicyclic) bond motifs is 3. The molecule has 2 aliphatic heterocycles. The normalized spacial score (nSPS) is 22.9. The Morgan fingerprint density at radius 2 is 1.81 bits per heavy atom. The minimum Gasteiger partial charge on any atom is -0.484 e. The first-order valence-corrected chi connectivity index (χ1v) is 8.66. The van der Waals surface area contributed by atoms with E-state index in [1.54, 1.807) is 24.3 Å². The summed E-state index contributed by atoms with van der Waals surface area (Å²) in [5.41, 5.74) is 1.77. The fraction of sp³-hybridized carbons (Fsp3) is 0.250. The second-order valence-corrected chi connectivity index (χ2v) is 6.59. The third-order valence-corrected chi connectivity index (χ3v) is 4.97. The van der Waals surface area contributed by atoms with Gasteiger partial charge in [0.1, 0.15) is 17.8 Å². The summed E-state index contributed by atoms with van der Waals surface area (Å²) in [6.07, 6.45) is 0.269. The van der Waals surface area contributed by atoms with Crippen LogP contribution in [0.2, 0.25) is 0 Å². The van der Waals surface area contributed by atoms with Gasteiger partial charge >= 0.3 is 5.97 Å². The van der Waals surface area contributed by atoms with Crippen LogP contribution in [0.15, 0.2) is 54.6 Å². The number of aliphatic carboxylic acids is 1. The van der Waals surface area contributed by atoms with Gasteiger partial charge in [0, 0.05) is 6.42 Å². The SMILES string of the molecule is O=C(COc1ccccc1)NC1C(=O)N2C(C(=O)O)Cc3ccccc3C12. The molecule has 3 unspecified atom stereocenters. The zero-order chi connectivity index (χ0) is 19.0. The van der Waals surface area contributed by atoms with Crippen LogP contribution < -0.4 is 10.1 Å². The smallest absolute Gasteiger partial charge is 0.326 e. The Hall–Kier alpha value is -3.35. The quantitative estimate of drug-likeness (QED) is 0.774. The van der Waals surface area contributed by atoms with Crippen LogP contribution in [0.3, 0.4) is 0 Å². The van der Waals surface area contributed by atoms with Gasteiger partial charge in [0.2, 0.25) is 5.91 Å². The van der Waals surface area contributed by atoms with E-state index in [4.69, 9.17) is 4.74 Å². The molecule has 0 aliphatic carbocycles. The molecular weight excluding hydrogens is 348 g/mol. The predicted octanol–water partition coefficient (Wildman–Crippen LogP) is 1.14. The first kappa shape index (κ1) is 17.1. The molecule has 2 N–H and O–H groups in total. The molecule has 3 atom stereocenters. The largest absolute Gasteiger partial charge is 0.484 e. The van der Waals surface area contributed by atoms with Crippen molar-refractivity contribution in [3.8, 4) is 5.75 Å². The lowest BCUT2D eigenvalue weighted by Crippen LogP contribution is -2.71. The summed E-state index contributed by atoms with van der Waals surface area (Å²) in [6, 6.07) is 14.2. The molecule has 0 aromatic heterocycles. The zero-order valence-corrected chi connectivity index (χ0v) is 14.4. The third-order valence-electron chi connectivity index (χ3n) is 4.97. The highest BCUT2D eigenvalue weighted by molar-refractivity contribution is 5.97. The van der Waals surface area contributed by atoms with Crippen molar-refractivity contribution in [3.63, 3.8) is 0 Å². The predicted molar refractivity (Wildman–Crippen MR) is 95.0 cm³/mol. The average Bonchev–Trinajstić information content (AvgIpc) is 2.69. The molecule has 1 saturated heterocycles. The van der Waals surface area contributed by atoms with Crippen LogP contribution in [0.4, 0.5) is 0 Å². The number of amides is 2. The second kappa shape index (κ2) is 6.75. The van der Waals surface area contributed by atoms with Crippen molar-refractivity contribution in [2.45, 2.75) is 24.5 Å². The maximum Gasteiger partial charge on any atom is 0.326 e. The number of β-lactam (4-membered cyclic amide) rings is 1. The van der Waals surface area contributed by atoms with Crippen molar-refractivity contribution in [1.29, 1.82) is 0 Å². The third kappa shape index (κ3) is 3.01. The Bertz CT molecular complexity index is 898. The van der Waals surface area contributed by atoms with Crippen molar-refractivity contribution in [3.05, 3.63) is 65.7 Å². The number of carbonyl (C=O) groups excluding carboxylic acids is 2. The number of carboxylic acid groups (broad SMARTS) is 1. The number of ether oxygens (including phenoxy) is 1. The van der Waals surface area contributed by atoms with Crippen LogP contribution in [-0.4, -0.2) is 46.5 Å². The molecular formula is C20H18N2O5. The summed E-state index contributed by atoms with van der Waals surface area (Å²) in [7, 11) is 0. The van der Waals surface area contributed by atoms with Crippen LogP contribution in [0.1, 0.15) is 17.2 Å². The number of nitrogens with one attached hydrogen (secondary N) is 1. The highest BCUT2D eigenvalue weighted by Crippen LogP contribution is 2.43. The minimum absolute atomic E-state index is 0.218. The van der Waals surface area contributed by atoms with E-state index in [1.807, 2.05) is 30.3 Å². The van der Waals surface area contributed by atoms with Gasteiger partial charge < -0.3 is 20.1 Å². The molecule has 2 aromatic carbocycles. The van der Waals surface area contributed by atoms with Crippen LogP contribution in [0.5, 0.6) is 5.75 Å². The average molecular weight is 366 g/mol. The van der Waals surface area contributed by atoms with Gasteiger partial charge in [-0.25, -0.2) is 4.79 Å². The second-order valence-electron chi connectivity index (χ2n) is 6.59. The molecule has 2 aliphatic rings. The minimum atomic E-state index is -1.04. The van der Waals surface area contributed by atoms with E-state index in [0.717, 1.165) is 11.1 Å². The molecule has 0 spiro atoms. The van der Waals surface area contributed by atoms with Crippen molar-refractivity contribution in [2.75, 3.05) is 6.61 Å². The Balaban J connectivity index is 1.49. The van der Waals surface area contributed by atoms with Crippen LogP contribution in [0.25, 0.3) is 0 Å². The number of rotatable bonds is 5. The molecule has 0 radical (unpaired) electrons. The Morgan fingerprint density at radius 3 is 2.56 bits per heavy atom. The van der Waals surface area contributed by atoms with E-state index in [2.05, 4.69) is 5.32 Å². The molecule has 0 bridgehead atoms. The molecule has 27 heavy (non-hydrogen) atoms. The summed E-state index contributed by atoms with van der Waals surface area (Å²) in [5.74, 6) is -1.29. The number of nitrogens with zero attached hydrogens (tertiary/aromatic N) is 1. The van der Waals surface area contributed by atoms with Gasteiger partial charge in [-0.1, -0.05) is 42.5 Å². The number of benzene rings is 2. The molecule has 2 amide bonds. The van der Waals surface area contributed by atoms with E-state index in [1.165, 1.54) is 4.90 Å². The van der Waals surface area contributed by atoms with E-state index in [0.29, 0.717) is 5.75 Å². The zero-order valence-electron chi connectivity index (χ0n) is 14.4. The van der Waals surface area contributed by atoms with Crippen molar-refractivity contribution in [1.82, 2.24) is 10.2 Å². The van der Waals surface area contributed by atoms with Gasteiger partial charge in [-0.2, -0.15) is 0 Å². The fourth-order valence-electron chi connectivity index (χ4n) is 3.73. The number of para-hydroxylation sites is 1. The summed E-state index contributed by atoms with van der Waals surface area (Å²) in [5, 5.41) is 12.2. The summed E-state index contributed by atoms with van der Waals surface area (Å²) in [6.45, 7) is -0.218. The van der Waals surface area contributed by atoms with Crippen molar-refractivity contribution >= 4 is 17.8 Å². The lowest BCUT2D eigenvalue weighted by atomic mass is 9.78. The molecule has 1 fully saturated rings. The van der Waals surface area contributed by atoms with E-state index < -0.39 is 30.0 Å². The molecule has 2 aromatic rings. The maximum atomic E-state index is 12.5. The van der Waals surface area contributed by atoms with Crippen LogP contribution >= 0.6 is 0 Å². The van der Waals surface area contributed by atoms with Crippen LogP contribution in [-0.2, 0) is 20.8 Å². The summed E-state index contributed by atoms with van der Waals surface area (Å²) in [4.78, 5) is 37.7. The fourth-order valence-corrected chi connectivity index (χ4v) is 3.73. The monoisotopic (exact) mass is 366 g/mol. The van der Waals surface area contributed by atoms with Crippen molar-refractivity contribution in [2.24, 2.45) is 0 Å². The molecule has 7 nitrogen and oxygen atoms in total. The highest BCUT2D eigenvalue weighted by atomic mass is 16.5. The molecule has 0 saturated carbocycles. The first-order chi connectivity index (χ1) is 13.1. The van der Waals surface area contributed by atoms with E-state index >= 15 is 0 Å². The van der Waals surface area contributed by atoms with Gasteiger partial charge in [-0.15, -0.1) is 0 Å². The molecule has 4 rings (SSSR count). The topological polar surface area (TPSA) is 95.9 Å². The molecule has 2 heterocycles. The van der Waals surface area contributed by atoms with Gasteiger partial charge in [-0.05, 0) is 23.3 Å². The first-order valence-electron chi connectivity index (χ1n) is 8.66. The van der Waals surface area contributed by atoms with Crippen LogP contribution in [0, 0.1) is 0 Å². The van der Waals surface area contributed by atoms with Gasteiger partial charge in [0.05, 0.1) is 6.04 Å². The van der Waals surface area contributed by atoms with E-state index in [9.17, 15) is 19.5 Å². The van der Waals surface area contributed by atoms with Crippen molar-refractivity contribution < 1.29 is 24.2 Å². The highest BCUT2D eigenvalue weighted by Gasteiger charge is 2.56. The lowest BCUT2D eigenvalue weighted by molar-refractivity contribution is -0.168. The Labute approximate surface area is 155 Å². The summed E-state index contributed by atoms with van der Waals surface area (Å²) < 4.78 is 5.41. The maximum absolute atomic E-state index is 12.5. The number of carbonyl (C=O) groups is 3. The number of hydrogen-bond donors (Lipinski definition) is 2. The summed E-state index contributed by atoms with van der Waals surface area (Å²) >= 11 is 0. The van der Waals surface area contributed by atoms with E-state index in [-0.39, 0.29) is 18.9 Å². The standard InChI is InChI=1S/C20H18N2O5/c23-16(11-27-13-7-2-1-3-8-13)21-17-18-14-9-5-4-6-12(14)10-15(20(25)26)22(18)19(17)24/h1-9,15,17-18H,10-11H2,(H,21,23)(H,25,26). The lowest BCUT2D eigenvalue weighted by Gasteiger charge is -2.53. The Kier molecular flexibility index (Phi) is 4.27. The van der Waals surface area contributed by atoms with Gasteiger partial charge in [-0.3, -0.25) is 9.59 Å².